The number of imidazole rings is 1. The van der Waals surface area contributed by atoms with Crippen molar-refractivity contribution in [3.05, 3.63) is 24.3 Å². The Morgan fingerprint density at radius 1 is 1.20 bits per heavy atom. The van der Waals surface area contributed by atoms with Gasteiger partial charge in [-0.3, -0.25) is 9.69 Å². The van der Waals surface area contributed by atoms with E-state index in [1.165, 1.54) is 0 Å². The largest absolute Gasteiger partial charge is 0.350 e. The number of carbonyl (C=O) groups excluding carboxylic acids is 1. The van der Waals surface area contributed by atoms with Crippen LogP contribution < -0.4 is 10.2 Å². The summed E-state index contributed by atoms with van der Waals surface area (Å²) in [5.41, 5.74) is 1.87. The third kappa shape index (κ3) is 4.31. The molecular weight excluding hydrogens is 314 g/mol. The highest BCUT2D eigenvalue weighted by Gasteiger charge is 2.27. The van der Waals surface area contributed by atoms with Crippen molar-refractivity contribution in [1.29, 1.82) is 0 Å². The van der Waals surface area contributed by atoms with Crippen LogP contribution in [0.2, 0.25) is 0 Å². The van der Waals surface area contributed by atoms with Gasteiger partial charge in [-0.15, -0.1) is 0 Å². The highest BCUT2D eigenvalue weighted by molar-refractivity contribution is 5.82. The van der Waals surface area contributed by atoms with E-state index in [1.54, 1.807) is 0 Å². The van der Waals surface area contributed by atoms with Gasteiger partial charge < -0.3 is 15.2 Å². The number of aromatic amines is 1. The number of benzene rings is 1. The molecule has 0 unspecified atom stereocenters. The van der Waals surface area contributed by atoms with Crippen LogP contribution >= 0.6 is 0 Å². The quantitative estimate of drug-likeness (QED) is 0.898. The average molecular weight is 343 g/mol. The van der Waals surface area contributed by atoms with Crippen LogP contribution in [0, 0.1) is 0 Å². The predicted octanol–water partition coefficient (Wildman–Crippen LogP) is 2.38. The molecule has 0 radical (unpaired) electrons. The van der Waals surface area contributed by atoms with E-state index < -0.39 is 0 Å². The Labute approximate surface area is 149 Å². The van der Waals surface area contributed by atoms with Gasteiger partial charge in [-0.1, -0.05) is 12.1 Å². The summed E-state index contributed by atoms with van der Waals surface area (Å²) in [7, 11) is 0. The van der Waals surface area contributed by atoms with E-state index in [9.17, 15) is 4.79 Å². The summed E-state index contributed by atoms with van der Waals surface area (Å²) in [4.78, 5) is 25.1. The maximum absolute atomic E-state index is 12.5. The number of anilines is 1. The van der Waals surface area contributed by atoms with E-state index in [2.05, 4.69) is 26.2 Å². The highest BCUT2D eigenvalue weighted by atomic mass is 16.2. The second-order valence-corrected chi connectivity index (χ2v) is 7.87. The van der Waals surface area contributed by atoms with E-state index in [1.807, 2.05) is 45.9 Å². The predicted molar refractivity (Wildman–Crippen MR) is 102 cm³/mol. The molecule has 2 heterocycles. The van der Waals surface area contributed by atoms with Crippen molar-refractivity contribution in [2.24, 2.45) is 0 Å². The first kappa shape index (κ1) is 17.7. The molecule has 0 spiro atoms. The zero-order chi connectivity index (χ0) is 18.0. The summed E-state index contributed by atoms with van der Waals surface area (Å²) in [5, 5.41) is 3.08. The Balaban J connectivity index is 1.64. The number of carbonyl (C=O) groups is 1. The molecule has 0 aliphatic carbocycles. The smallest absolute Gasteiger partial charge is 0.237 e. The molecule has 1 fully saturated rings. The minimum Gasteiger partial charge on any atom is -0.350 e. The Morgan fingerprint density at radius 2 is 1.96 bits per heavy atom. The van der Waals surface area contributed by atoms with Gasteiger partial charge in [-0.25, -0.2) is 4.98 Å². The standard InChI is InChI=1S/C19H29N5O/c1-14(17(25)22-19(2,3)4)23-10-7-11-24(13-12-23)18-20-15-8-5-6-9-16(15)21-18/h5-6,8-9,14H,7,10-13H2,1-4H3,(H,20,21)(H,22,25)/t14-/m0/s1. The Kier molecular flexibility index (Phi) is 4.99. The third-order valence-corrected chi connectivity index (χ3v) is 4.63. The van der Waals surface area contributed by atoms with Gasteiger partial charge in [0.1, 0.15) is 0 Å². The average Bonchev–Trinajstić information content (AvgIpc) is 2.82. The molecular formula is C19H29N5O. The van der Waals surface area contributed by atoms with Crippen LogP contribution in [0.5, 0.6) is 0 Å². The molecule has 6 nitrogen and oxygen atoms in total. The van der Waals surface area contributed by atoms with Crippen LogP contribution in [0.25, 0.3) is 11.0 Å². The fourth-order valence-electron chi connectivity index (χ4n) is 3.27. The van der Waals surface area contributed by atoms with Crippen LogP contribution in [-0.4, -0.2) is 58.5 Å². The lowest BCUT2D eigenvalue weighted by Crippen LogP contribution is -2.51. The number of amides is 1. The normalized spacial score (nSPS) is 18.2. The summed E-state index contributed by atoms with van der Waals surface area (Å²) in [6.45, 7) is 11.6. The summed E-state index contributed by atoms with van der Waals surface area (Å²) < 4.78 is 0. The number of H-pyrrole nitrogens is 1. The van der Waals surface area contributed by atoms with E-state index in [4.69, 9.17) is 4.98 Å². The fourth-order valence-corrected chi connectivity index (χ4v) is 3.27. The molecule has 2 aromatic rings. The van der Waals surface area contributed by atoms with Gasteiger partial charge in [0.15, 0.2) is 0 Å². The molecule has 1 aromatic heterocycles. The van der Waals surface area contributed by atoms with Gasteiger partial charge >= 0.3 is 0 Å². The molecule has 0 saturated carbocycles. The van der Waals surface area contributed by atoms with Crippen LogP contribution in [-0.2, 0) is 4.79 Å². The minimum absolute atomic E-state index is 0.102. The molecule has 1 aliphatic rings. The van der Waals surface area contributed by atoms with Crippen LogP contribution in [0.3, 0.4) is 0 Å². The number of para-hydroxylation sites is 2. The molecule has 1 atom stereocenters. The molecule has 3 rings (SSSR count). The first-order valence-electron chi connectivity index (χ1n) is 9.09. The highest BCUT2D eigenvalue weighted by Crippen LogP contribution is 2.19. The van der Waals surface area contributed by atoms with Crippen molar-refractivity contribution in [3.8, 4) is 0 Å². The number of hydrogen-bond acceptors (Lipinski definition) is 4. The fraction of sp³-hybridized carbons (Fsp3) is 0.579. The van der Waals surface area contributed by atoms with E-state index in [0.29, 0.717) is 0 Å². The van der Waals surface area contributed by atoms with Crippen LogP contribution in [0.4, 0.5) is 5.95 Å². The van der Waals surface area contributed by atoms with Gasteiger partial charge in [-0.05, 0) is 46.2 Å². The Bertz CT molecular complexity index is 700. The number of aromatic nitrogens is 2. The molecule has 25 heavy (non-hydrogen) atoms. The van der Waals surface area contributed by atoms with Crippen LogP contribution in [0.15, 0.2) is 24.3 Å². The zero-order valence-electron chi connectivity index (χ0n) is 15.7. The number of rotatable bonds is 3. The molecule has 2 N–H and O–H groups in total. The van der Waals surface area contributed by atoms with Crippen molar-refractivity contribution >= 4 is 22.9 Å². The zero-order valence-corrected chi connectivity index (χ0v) is 15.7. The van der Waals surface area contributed by atoms with Gasteiger partial charge in [0.2, 0.25) is 11.9 Å². The lowest BCUT2D eigenvalue weighted by atomic mass is 10.1. The number of nitrogens with one attached hydrogen (secondary N) is 2. The maximum atomic E-state index is 12.5. The topological polar surface area (TPSA) is 64.3 Å². The number of fused-ring (bicyclic) bond motifs is 1. The third-order valence-electron chi connectivity index (χ3n) is 4.63. The van der Waals surface area contributed by atoms with Crippen molar-refractivity contribution in [2.75, 3.05) is 31.1 Å². The Morgan fingerprint density at radius 3 is 2.68 bits per heavy atom. The van der Waals surface area contributed by atoms with Crippen molar-refractivity contribution in [3.63, 3.8) is 0 Å². The number of hydrogen-bond donors (Lipinski definition) is 2. The molecule has 1 amide bonds. The molecule has 6 heteroatoms. The summed E-state index contributed by atoms with van der Waals surface area (Å²) in [6.07, 6.45) is 1.02. The lowest BCUT2D eigenvalue weighted by Gasteiger charge is -2.30. The Hall–Kier alpha value is -2.08. The van der Waals surface area contributed by atoms with Gasteiger partial charge in [0, 0.05) is 31.7 Å². The lowest BCUT2D eigenvalue weighted by molar-refractivity contribution is -0.127. The molecule has 1 aliphatic heterocycles. The first-order chi connectivity index (χ1) is 11.8. The van der Waals surface area contributed by atoms with E-state index in [-0.39, 0.29) is 17.5 Å². The van der Waals surface area contributed by atoms with E-state index >= 15 is 0 Å². The minimum atomic E-state index is -0.197. The van der Waals surface area contributed by atoms with Crippen molar-refractivity contribution < 1.29 is 4.79 Å². The first-order valence-corrected chi connectivity index (χ1v) is 9.09. The van der Waals surface area contributed by atoms with Crippen molar-refractivity contribution in [2.45, 2.75) is 45.7 Å². The van der Waals surface area contributed by atoms with Gasteiger partial charge in [0.05, 0.1) is 17.1 Å². The van der Waals surface area contributed by atoms with Gasteiger partial charge in [-0.2, -0.15) is 0 Å². The van der Waals surface area contributed by atoms with E-state index in [0.717, 1.165) is 49.6 Å². The summed E-state index contributed by atoms with van der Waals surface area (Å²) in [5.74, 6) is 1.03. The summed E-state index contributed by atoms with van der Waals surface area (Å²) >= 11 is 0. The second kappa shape index (κ2) is 7.04. The molecule has 1 saturated heterocycles. The SMILES string of the molecule is C[C@@H](C(=O)NC(C)(C)C)N1CCCN(c2nc3ccccc3[nH]2)CC1. The maximum Gasteiger partial charge on any atom is 0.237 e. The molecule has 0 bridgehead atoms. The second-order valence-electron chi connectivity index (χ2n) is 7.87. The van der Waals surface area contributed by atoms with Gasteiger partial charge in [0.25, 0.3) is 0 Å². The van der Waals surface area contributed by atoms with Crippen molar-refractivity contribution in [1.82, 2.24) is 20.2 Å². The molecule has 1 aromatic carbocycles. The summed E-state index contributed by atoms with van der Waals surface area (Å²) in [6, 6.07) is 7.99. The molecule has 136 valence electrons. The monoisotopic (exact) mass is 343 g/mol. The number of nitrogens with zero attached hydrogens (tertiary/aromatic N) is 3. The van der Waals surface area contributed by atoms with Crippen LogP contribution in [0.1, 0.15) is 34.1 Å².